The van der Waals surface area contributed by atoms with E-state index in [0.717, 1.165) is 42.7 Å². The summed E-state index contributed by atoms with van der Waals surface area (Å²) in [6, 6.07) is 14.9. The summed E-state index contributed by atoms with van der Waals surface area (Å²) in [5, 5.41) is 22.1. The number of aliphatic hydroxyl groups excluding tert-OH is 1. The lowest BCUT2D eigenvalue weighted by Gasteiger charge is -2.25. The zero-order valence-electron chi connectivity index (χ0n) is 25.0. The number of aliphatic hydroxyl groups is 1. The summed E-state index contributed by atoms with van der Waals surface area (Å²) in [5.41, 5.74) is 3.59. The van der Waals surface area contributed by atoms with Crippen LogP contribution in [0.1, 0.15) is 42.9 Å². The fourth-order valence-corrected chi connectivity index (χ4v) is 3.59. The largest absolute Gasteiger partial charge is 0.481 e. The minimum Gasteiger partial charge on any atom is -0.481 e. The number of nitrogens with one attached hydrogen (secondary N) is 3. The Morgan fingerprint density at radius 1 is 0.977 bits per heavy atom. The second kappa shape index (κ2) is 24.0. The molecule has 1 heterocycles. The van der Waals surface area contributed by atoms with E-state index in [-0.39, 0.29) is 37.0 Å². The van der Waals surface area contributed by atoms with Crippen LogP contribution in [0.5, 0.6) is 0 Å². The van der Waals surface area contributed by atoms with Gasteiger partial charge in [0.1, 0.15) is 12.6 Å². The van der Waals surface area contributed by atoms with Crippen molar-refractivity contribution in [2.45, 2.75) is 38.8 Å². The van der Waals surface area contributed by atoms with Crippen molar-refractivity contribution in [1.82, 2.24) is 16.0 Å². The van der Waals surface area contributed by atoms with Crippen LogP contribution >= 0.6 is 12.6 Å². The lowest BCUT2D eigenvalue weighted by Crippen LogP contribution is -2.43. The summed E-state index contributed by atoms with van der Waals surface area (Å²) in [5.74, 6) is 5.07. The number of amides is 3. The molecule has 44 heavy (non-hydrogen) atoms. The number of anilines is 1. The zero-order chi connectivity index (χ0) is 33.3. The minimum absolute atomic E-state index is 0.0574. The number of aldehydes is 2. The number of carboxylic acid groups (broad SMARTS) is 1. The second-order valence-corrected chi connectivity index (χ2v) is 9.12. The molecule has 2 aromatic rings. The van der Waals surface area contributed by atoms with E-state index in [1.807, 2.05) is 48.5 Å². The first-order valence-electron chi connectivity index (χ1n) is 13.5. The molecule has 0 radical (unpaired) electrons. The smallest absolute Gasteiger partial charge is 0.300 e. The summed E-state index contributed by atoms with van der Waals surface area (Å²) >= 11 is 3.88. The molecule has 0 saturated carbocycles. The van der Waals surface area contributed by atoms with Crippen LogP contribution in [0.25, 0.3) is 0 Å². The predicted octanol–water partition coefficient (Wildman–Crippen LogP) is 0.937. The molecule has 12 nitrogen and oxygen atoms in total. The van der Waals surface area contributed by atoms with E-state index >= 15 is 0 Å². The molecule has 0 bridgehead atoms. The molecule has 238 valence electrons. The van der Waals surface area contributed by atoms with Gasteiger partial charge in [-0.2, -0.15) is 12.6 Å². The highest BCUT2D eigenvalue weighted by molar-refractivity contribution is 7.80. The average Bonchev–Trinajstić information content (AvgIpc) is 3.02. The van der Waals surface area contributed by atoms with Crippen molar-refractivity contribution >= 4 is 54.6 Å². The lowest BCUT2D eigenvalue weighted by atomic mass is 10.0. The molecular formula is C31H40N4O8S. The average molecular weight is 629 g/mol. The standard InChI is InChI=1S/C19H15NO2.C9H17N3O3S.C2H4O2.CH4O/c21-13-5-10-19(22)20-14-17-8-2-1-6-15(17)11-12-16-7-3-4-9-18(16)20;1-10-3-2-8(14)11-4-9(15)12-7(5-13)6-16;1-2(3)4;1-2/h1-4,6-9,13H,5,10,14H2;5,7,10,16H,2-4,6H2,1H3,(H,11,14)(H,12,15);1H3,(H,3,4);2H,1H3. The van der Waals surface area contributed by atoms with E-state index < -0.39 is 17.9 Å². The van der Waals surface area contributed by atoms with Gasteiger partial charge in [0, 0.05) is 56.7 Å². The molecule has 0 saturated heterocycles. The van der Waals surface area contributed by atoms with E-state index in [0.29, 0.717) is 25.8 Å². The van der Waals surface area contributed by atoms with E-state index in [4.69, 9.17) is 15.0 Å². The maximum Gasteiger partial charge on any atom is 0.300 e. The van der Waals surface area contributed by atoms with Crippen LogP contribution in [0.3, 0.4) is 0 Å². The monoisotopic (exact) mass is 628 g/mol. The SMILES string of the molecule is CC(=O)O.CNCCC(=O)NCC(=O)NC(C=O)CS.CO.O=CCCC(=O)N1Cc2ccccc2C#Cc2ccccc21. The number of aliphatic carboxylic acids is 1. The molecule has 1 atom stereocenters. The van der Waals surface area contributed by atoms with Crippen LogP contribution < -0.4 is 20.9 Å². The van der Waals surface area contributed by atoms with Gasteiger partial charge in [0.05, 0.1) is 24.8 Å². The summed E-state index contributed by atoms with van der Waals surface area (Å²) < 4.78 is 0. The van der Waals surface area contributed by atoms with Gasteiger partial charge in [0.25, 0.3) is 5.97 Å². The van der Waals surface area contributed by atoms with E-state index in [1.165, 1.54) is 0 Å². The van der Waals surface area contributed by atoms with Gasteiger partial charge in [-0.25, -0.2) is 0 Å². The normalized spacial score (nSPS) is 11.0. The van der Waals surface area contributed by atoms with Gasteiger partial charge in [-0.3, -0.25) is 19.2 Å². The van der Waals surface area contributed by atoms with Crippen LogP contribution in [0.2, 0.25) is 0 Å². The molecule has 2 aromatic carbocycles. The van der Waals surface area contributed by atoms with Gasteiger partial charge >= 0.3 is 0 Å². The molecule has 0 aromatic heterocycles. The van der Waals surface area contributed by atoms with Crippen molar-refractivity contribution in [3.8, 4) is 11.8 Å². The zero-order valence-corrected chi connectivity index (χ0v) is 25.9. The molecule has 13 heteroatoms. The Bertz CT molecular complexity index is 1290. The highest BCUT2D eigenvalue weighted by Crippen LogP contribution is 2.26. The Hall–Kier alpha value is -4.51. The number of carbonyl (C=O) groups excluding carboxylic acids is 5. The Labute approximate surface area is 263 Å². The molecule has 0 fully saturated rings. The Kier molecular flexibility index (Phi) is 21.5. The van der Waals surface area contributed by atoms with Crippen LogP contribution in [0.15, 0.2) is 48.5 Å². The Morgan fingerprint density at radius 3 is 2.16 bits per heavy atom. The van der Waals surface area contributed by atoms with Crippen LogP contribution in [0, 0.1) is 11.8 Å². The van der Waals surface area contributed by atoms with Gasteiger partial charge in [0.2, 0.25) is 17.7 Å². The first-order valence-corrected chi connectivity index (χ1v) is 14.1. The first kappa shape index (κ1) is 39.5. The number of rotatable bonds is 11. The third-order valence-electron chi connectivity index (χ3n) is 5.41. The maximum absolute atomic E-state index is 12.5. The number of hydrogen-bond acceptors (Lipinski definition) is 9. The van der Waals surface area contributed by atoms with Crippen molar-refractivity contribution in [1.29, 1.82) is 0 Å². The molecule has 1 unspecified atom stereocenters. The van der Waals surface area contributed by atoms with Gasteiger partial charge in [-0.1, -0.05) is 42.2 Å². The van der Waals surface area contributed by atoms with Crippen molar-refractivity contribution in [3.63, 3.8) is 0 Å². The van der Waals surface area contributed by atoms with Crippen LogP contribution in [-0.2, 0) is 35.3 Å². The topological polar surface area (TPSA) is 182 Å². The van der Waals surface area contributed by atoms with Crippen LogP contribution in [0.4, 0.5) is 5.69 Å². The molecule has 5 N–H and O–H groups in total. The highest BCUT2D eigenvalue weighted by Gasteiger charge is 2.20. The second-order valence-electron chi connectivity index (χ2n) is 8.75. The number of thiol groups is 1. The molecule has 1 aliphatic rings. The fourth-order valence-electron chi connectivity index (χ4n) is 3.41. The lowest BCUT2D eigenvalue weighted by molar-refractivity contribution is -0.134. The van der Waals surface area contributed by atoms with E-state index in [9.17, 15) is 24.0 Å². The number of carboxylic acids is 1. The third-order valence-corrected chi connectivity index (χ3v) is 5.80. The van der Waals surface area contributed by atoms with E-state index in [1.54, 1.807) is 11.9 Å². The number of para-hydroxylation sites is 1. The van der Waals surface area contributed by atoms with Crippen molar-refractivity contribution in [2.24, 2.45) is 0 Å². The summed E-state index contributed by atoms with van der Waals surface area (Å²) in [7, 11) is 2.74. The quantitative estimate of drug-likeness (QED) is 0.120. The first-order chi connectivity index (χ1) is 21.2. The highest BCUT2D eigenvalue weighted by atomic mass is 32.1. The predicted molar refractivity (Wildman–Crippen MR) is 170 cm³/mol. The summed E-state index contributed by atoms with van der Waals surface area (Å²) in [6.45, 7) is 1.99. The van der Waals surface area contributed by atoms with Gasteiger partial charge in [-0.05, 0) is 30.8 Å². The molecular weight excluding hydrogens is 588 g/mol. The number of benzene rings is 2. The summed E-state index contributed by atoms with van der Waals surface area (Å²) in [6.07, 6.45) is 2.15. The van der Waals surface area contributed by atoms with E-state index in [2.05, 4.69) is 40.4 Å². The Balaban J connectivity index is 0.000000742. The van der Waals surface area contributed by atoms with Crippen molar-refractivity contribution in [2.75, 3.05) is 37.9 Å². The van der Waals surface area contributed by atoms with Gasteiger partial charge < -0.3 is 40.7 Å². The van der Waals surface area contributed by atoms with Gasteiger partial charge in [-0.15, -0.1) is 0 Å². The van der Waals surface area contributed by atoms with Crippen molar-refractivity contribution in [3.05, 3.63) is 65.2 Å². The number of nitrogens with zero attached hydrogens (tertiary/aromatic N) is 1. The molecule has 3 amide bonds. The molecule has 0 spiro atoms. The Morgan fingerprint density at radius 2 is 1.57 bits per heavy atom. The number of carbonyl (C=O) groups is 6. The molecule has 0 aliphatic carbocycles. The summed E-state index contributed by atoms with van der Waals surface area (Å²) in [4.78, 5) is 66.5. The molecule has 1 aliphatic heterocycles. The van der Waals surface area contributed by atoms with Crippen molar-refractivity contribution < 1.29 is 39.0 Å². The number of fused-ring (bicyclic) bond motifs is 2. The maximum atomic E-state index is 12.5. The van der Waals surface area contributed by atoms with Crippen LogP contribution in [-0.4, -0.2) is 85.5 Å². The molecule has 3 rings (SSSR count). The minimum atomic E-state index is -0.833. The van der Waals surface area contributed by atoms with Gasteiger partial charge in [0.15, 0.2) is 0 Å². The fraction of sp³-hybridized carbons (Fsp3) is 0.355. The third kappa shape index (κ3) is 16.2. The number of hydrogen-bond donors (Lipinski definition) is 6.